The van der Waals surface area contributed by atoms with Crippen LogP contribution in [0.1, 0.15) is 41.5 Å². The maximum absolute atomic E-state index is 13.6. The number of hydrogen-bond donors (Lipinski definition) is 5. The average Bonchev–Trinajstić information content (AvgIpc) is 3.92. The molecule has 2 saturated carbocycles. The molecule has 2 bridgehead atoms. The van der Waals surface area contributed by atoms with Gasteiger partial charge in [0.2, 0.25) is 11.5 Å². The number of phenolic OH excluding ortho intramolecular Hbond substituents is 1. The monoisotopic (exact) mass is 741 g/mol. The third-order valence-corrected chi connectivity index (χ3v) is 14.0. The predicted molar refractivity (Wildman–Crippen MR) is 196 cm³/mol. The number of H-pyrrole nitrogens is 1. The van der Waals surface area contributed by atoms with Crippen LogP contribution in [0.2, 0.25) is 0 Å². The highest BCUT2D eigenvalue weighted by molar-refractivity contribution is 8.14. The molecule has 0 spiro atoms. The number of thiophene rings is 2. The van der Waals surface area contributed by atoms with Gasteiger partial charge in [-0.2, -0.15) is 0 Å². The van der Waals surface area contributed by atoms with Gasteiger partial charge in [0.25, 0.3) is 0 Å². The van der Waals surface area contributed by atoms with E-state index in [4.69, 9.17) is 9.73 Å². The second kappa shape index (κ2) is 14.3. The van der Waals surface area contributed by atoms with E-state index in [0.717, 1.165) is 40.9 Å². The van der Waals surface area contributed by atoms with E-state index in [1.165, 1.54) is 22.7 Å². The predicted octanol–water partition coefficient (Wildman–Crippen LogP) is 4.10. The largest absolute Gasteiger partial charge is 0.506 e. The number of fused-ring (bicyclic) bond motifs is 3. The Hall–Kier alpha value is -3.05. The van der Waals surface area contributed by atoms with E-state index >= 15 is 0 Å². The Balaban J connectivity index is 0.903. The number of hydrogen-bond acceptors (Lipinski definition) is 13. The minimum atomic E-state index is -1.83. The summed E-state index contributed by atoms with van der Waals surface area (Å²) in [6.07, 6.45) is 3.03. The number of aliphatic hydroxyl groups is 1. The third-order valence-electron chi connectivity index (χ3n) is 9.95. The van der Waals surface area contributed by atoms with Crippen molar-refractivity contribution in [1.82, 2.24) is 20.5 Å². The quantitative estimate of drug-likeness (QED) is 0.107. The van der Waals surface area contributed by atoms with Crippen LogP contribution in [0.3, 0.4) is 0 Å². The molecule has 3 aliphatic rings. The maximum atomic E-state index is 13.6. The molecule has 1 aromatic carbocycles. The molecule has 6 atom stereocenters. The van der Waals surface area contributed by atoms with Crippen molar-refractivity contribution in [1.29, 1.82) is 0 Å². The van der Waals surface area contributed by atoms with Crippen LogP contribution < -0.4 is 15.5 Å². The molecule has 49 heavy (non-hydrogen) atoms. The Labute approximate surface area is 299 Å². The van der Waals surface area contributed by atoms with Crippen molar-refractivity contribution in [3.05, 3.63) is 72.1 Å². The number of aromatic hydroxyl groups is 1. The summed E-state index contributed by atoms with van der Waals surface area (Å²) < 4.78 is 6.89. The van der Waals surface area contributed by atoms with Gasteiger partial charge in [-0.05, 0) is 79.7 Å². The topological polar surface area (TPSA) is 156 Å². The molecule has 1 aliphatic heterocycles. The molecule has 0 saturated heterocycles. The zero-order valence-corrected chi connectivity index (χ0v) is 30.4. The van der Waals surface area contributed by atoms with Crippen LogP contribution in [0, 0.1) is 11.8 Å². The number of thioether (sulfide) groups is 1. The van der Waals surface area contributed by atoms with Gasteiger partial charge < -0.3 is 30.6 Å². The molecule has 3 aromatic heterocycles. The van der Waals surface area contributed by atoms with E-state index in [2.05, 4.69) is 27.4 Å². The Morgan fingerprint density at radius 1 is 1.14 bits per heavy atom. The number of nitrogens with zero attached hydrogens (tertiary/aromatic N) is 2. The van der Waals surface area contributed by atoms with Crippen molar-refractivity contribution in [3.8, 4) is 5.75 Å². The first kappa shape index (κ1) is 34.4. The summed E-state index contributed by atoms with van der Waals surface area (Å²) in [4.78, 5) is 49.1. The van der Waals surface area contributed by atoms with Gasteiger partial charge in [0.05, 0.1) is 27.0 Å². The number of nitrogens with one attached hydrogen (secondary N) is 3. The zero-order valence-electron chi connectivity index (χ0n) is 27.1. The number of rotatable bonds is 12. The fourth-order valence-corrected chi connectivity index (χ4v) is 11.3. The number of ether oxygens (including phenoxy) is 1. The zero-order chi connectivity index (χ0) is 34.3. The number of benzene rings is 1. The minimum Gasteiger partial charge on any atom is -0.506 e. The highest BCUT2D eigenvalue weighted by Crippen LogP contribution is 2.49. The minimum absolute atomic E-state index is 0.00398. The van der Waals surface area contributed by atoms with E-state index in [1.807, 2.05) is 36.0 Å². The lowest BCUT2D eigenvalue weighted by Crippen LogP contribution is -2.45. The number of amides is 1. The Bertz CT molecular complexity index is 1860. The summed E-state index contributed by atoms with van der Waals surface area (Å²) in [7, 11) is 1.96. The van der Waals surface area contributed by atoms with Gasteiger partial charge in [-0.15, -0.1) is 22.7 Å². The molecule has 260 valence electrons. The number of likely N-dealkylation sites (N-methyl/N-ethyl adjacent to an activating group) is 1. The summed E-state index contributed by atoms with van der Waals surface area (Å²) >= 11 is 5.33. The number of aromatic amines is 1. The van der Waals surface area contributed by atoms with E-state index < -0.39 is 11.6 Å². The molecule has 15 heteroatoms. The molecule has 0 radical (unpaired) electrons. The molecule has 2 aliphatic carbocycles. The number of carbonyl (C=O) groups is 2. The van der Waals surface area contributed by atoms with E-state index in [-0.39, 0.29) is 52.4 Å². The smallest absolute Gasteiger partial charge is 0.349 e. The second-order valence-corrected chi connectivity index (χ2v) is 17.3. The Morgan fingerprint density at radius 2 is 1.90 bits per heavy atom. The van der Waals surface area contributed by atoms with Crippen LogP contribution in [-0.2, 0) is 26.3 Å². The van der Waals surface area contributed by atoms with E-state index in [0.29, 0.717) is 45.9 Å². The fourth-order valence-electron chi connectivity index (χ4n) is 7.62. The first-order chi connectivity index (χ1) is 23.6. The van der Waals surface area contributed by atoms with E-state index in [1.54, 1.807) is 30.0 Å². The van der Waals surface area contributed by atoms with Crippen molar-refractivity contribution in [3.63, 3.8) is 0 Å². The highest BCUT2D eigenvalue weighted by atomic mass is 32.2. The molecule has 2 fully saturated rings. The highest BCUT2D eigenvalue weighted by Gasteiger charge is 2.54. The fraction of sp³-hybridized carbons (Fsp3) is 0.471. The van der Waals surface area contributed by atoms with Gasteiger partial charge >= 0.3 is 10.8 Å². The summed E-state index contributed by atoms with van der Waals surface area (Å²) in [6, 6.07) is 10.7. The van der Waals surface area contributed by atoms with Crippen molar-refractivity contribution < 1.29 is 24.5 Å². The standard InChI is InChI=1S/C34H39N5O6S4/c1-18-22(16-35-12-11-19-8-10-23(40)28-30(19)49-33(43)38-28)36-32(48-18)37-27(41)17-39(2)29-20-7-9-21(29)24(15-20)45-31(42)34(44,25-5-3-13-46-25)26-6-4-14-47-26/h3-6,8,10,13-14,18,20-22,24,29,35,40,44H,7,9,11-12,15-17H2,1-2H3,(H,38,43)(H,36,37,41). The number of amidine groups is 1. The van der Waals surface area contributed by atoms with Crippen LogP contribution in [-0.4, -0.2) is 87.3 Å². The molecular weight excluding hydrogens is 703 g/mol. The van der Waals surface area contributed by atoms with Crippen LogP contribution in [0.15, 0.2) is 56.9 Å². The maximum Gasteiger partial charge on any atom is 0.349 e. The molecule has 11 nitrogen and oxygen atoms in total. The first-order valence-electron chi connectivity index (χ1n) is 16.4. The van der Waals surface area contributed by atoms with Crippen LogP contribution in [0.4, 0.5) is 0 Å². The average molecular weight is 742 g/mol. The summed E-state index contributed by atoms with van der Waals surface area (Å²) in [5, 5.41) is 32.7. The van der Waals surface area contributed by atoms with E-state index in [9.17, 15) is 24.6 Å². The third kappa shape index (κ3) is 6.86. The number of aliphatic imine (C=N–C) groups is 1. The van der Waals surface area contributed by atoms with Crippen molar-refractivity contribution in [2.24, 2.45) is 16.8 Å². The lowest BCUT2D eigenvalue weighted by atomic mass is 9.96. The van der Waals surface area contributed by atoms with Crippen molar-refractivity contribution in [2.75, 3.05) is 26.7 Å². The van der Waals surface area contributed by atoms with Crippen LogP contribution >= 0.6 is 45.8 Å². The first-order valence-corrected chi connectivity index (χ1v) is 19.9. The normalized spacial score (nSPS) is 24.9. The number of aromatic nitrogens is 1. The van der Waals surface area contributed by atoms with Gasteiger partial charge in [0.15, 0.2) is 5.17 Å². The molecule has 4 aromatic rings. The summed E-state index contributed by atoms with van der Waals surface area (Å²) in [5.41, 5.74) is -0.349. The van der Waals surface area contributed by atoms with Crippen LogP contribution in [0.25, 0.3) is 10.2 Å². The summed E-state index contributed by atoms with van der Waals surface area (Å²) in [6.45, 7) is 3.64. The van der Waals surface area contributed by atoms with Gasteiger partial charge in [-0.1, -0.05) is 48.2 Å². The molecule has 4 heterocycles. The van der Waals surface area contributed by atoms with Gasteiger partial charge in [0.1, 0.15) is 17.4 Å². The number of phenols is 1. The van der Waals surface area contributed by atoms with Crippen LogP contribution in [0.5, 0.6) is 5.75 Å². The summed E-state index contributed by atoms with van der Waals surface area (Å²) in [5.74, 6) is -0.286. The molecule has 7 rings (SSSR count). The van der Waals surface area contributed by atoms with Gasteiger partial charge in [0, 0.05) is 23.8 Å². The second-order valence-electron chi connectivity index (χ2n) is 13.0. The van der Waals surface area contributed by atoms with Gasteiger partial charge in [-0.3, -0.25) is 19.5 Å². The molecule has 6 unspecified atom stereocenters. The SMILES string of the molecule is CC1SC(NC(=O)CN(C)C2C3CCC2C(OC(=O)C(O)(c2cccs2)c2cccs2)C3)=NC1CNCCc1ccc(O)c2[nH]c(=O)sc12. The molecular formula is C34H39N5O6S4. The Morgan fingerprint density at radius 3 is 2.61 bits per heavy atom. The molecule has 5 N–H and O–H groups in total. The van der Waals surface area contributed by atoms with Gasteiger partial charge in [-0.25, -0.2) is 4.79 Å². The number of thiazole rings is 1. The van der Waals surface area contributed by atoms with Crippen molar-refractivity contribution >= 4 is 73.0 Å². The van der Waals surface area contributed by atoms with Crippen molar-refractivity contribution in [2.45, 2.75) is 61.6 Å². The number of carbonyl (C=O) groups excluding carboxylic acids is 2. The number of esters is 1. The lowest BCUT2D eigenvalue weighted by Gasteiger charge is -2.30. The Kier molecular flexibility index (Phi) is 10.0. The lowest BCUT2D eigenvalue weighted by molar-refractivity contribution is -0.170. The molecule has 1 amide bonds.